The molecule has 1 aliphatic heterocycles. The summed E-state index contributed by atoms with van der Waals surface area (Å²) in [6.07, 6.45) is 3.50. The first-order valence-electron chi connectivity index (χ1n) is 8.04. The van der Waals surface area contributed by atoms with E-state index in [0.717, 1.165) is 5.56 Å². The van der Waals surface area contributed by atoms with Crippen molar-refractivity contribution in [3.63, 3.8) is 0 Å². The van der Waals surface area contributed by atoms with E-state index in [-0.39, 0.29) is 17.4 Å². The van der Waals surface area contributed by atoms with Crippen molar-refractivity contribution < 1.29 is 19.4 Å². The smallest absolute Gasteiger partial charge is 0.341 e. The molecule has 6 heteroatoms. The van der Waals surface area contributed by atoms with E-state index < -0.39 is 12.6 Å². The number of benzene rings is 1. The van der Waals surface area contributed by atoms with Gasteiger partial charge in [-0.3, -0.25) is 9.78 Å². The van der Waals surface area contributed by atoms with Gasteiger partial charge in [0.05, 0.1) is 6.04 Å². The van der Waals surface area contributed by atoms with Crippen molar-refractivity contribution in [1.82, 2.24) is 9.88 Å². The van der Waals surface area contributed by atoms with Crippen molar-refractivity contribution in [3.05, 3.63) is 59.9 Å². The molecule has 1 fully saturated rings. The first kappa shape index (κ1) is 17.0. The van der Waals surface area contributed by atoms with Crippen molar-refractivity contribution in [2.24, 2.45) is 5.41 Å². The highest BCUT2D eigenvalue weighted by Crippen LogP contribution is 2.48. The van der Waals surface area contributed by atoms with Crippen LogP contribution in [0.5, 0.6) is 5.75 Å². The SMILES string of the molecule is CC1(C)CN(C(=O)c2cccc(OCC(=O)O)c2)C1c1cccnc1. The second-order valence-electron chi connectivity index (χ2n) is 6.82. The third-order valence-corrected chi connectivity index (χ3v) is 4.33. The molecule has 2 aromatic rings. The van der Waals surface area contributed by atoms with E-state index in [4.69, 9.17) is 9.84 Å². The van der Waals surface area contributed by atoms with Gasteiger partial charge in [-0.15, -0.1) is 0 Å². The van der Waals surface area contributed by atoms with Crippen LogP contribution < -0.4 is 4.74 Å². The summed E-state index contributed by atoms with van der Waals surface area (Å²) >= 11 is 0. The second kappa shape index (κ2) is 6.55. The number of nitrogens with zero attached hydrogens (tertiary/aromatic N) is 2. The molecule has 1 unspecified atom stereocenters. The Morgan fingerprint density at radius 3 is 2.76 bits per heavy atom. The molecular formula is C19H20N2O4. The first-order valence-corrected chi connectivity index (χ1v) is 8.04. The summed E-state index contributed by atoms with van der Waals surface area (Å²) in [6, 6.07) is 10.4. The number of rotatable bonds is 5. The Morgan fingerprint density at radius 2 is 2.12 bits per heavy atom. The number of amides is 1. The summed E-state index contributed by atoms with van der Waals surface area (Å²) in [4.78, 5) is 29.5. The average molecular weight is 340 g/mol. The number of carbonyl (C=O) groups excluding carboxylic acids is 1. The van der Waals surface area contributed by atoms with Gasteiger partial charge in [-0.1, -0.05) is 26.0 Å². The summed E-state index contributed by atoms with van der Waals surface area (Å²) in [5.41, 5.74) is 1.45. The molecule has 1 atom stereocenters. The quantitative estimate of drug-likeness (QED) is 0.905. The number of aromatic nitrogens is 1. The number of ether oxygens (including phenoxy) is 1. The fourth-order valence-electron chi connectivity index (χ4n) is 3.31. The van der Waals surface area contributed by atoms with E-state index in [2.05, 4.69) is 18.8 Å². The Balaban J connectivity index is 1.81. The van der Waals surface area contributed by atoms with Gasteiger partial charge in [0.15, 0.2) is 6.61 Å². The van der Waals surface area contributed by atoms with Crippen LogP contribution in [0.3, 0.4) is 0 Å². The Kier molecular flexibility index (Phi) is 4.44. The third-order valence-electron chi connectivity index (χ3n) is 4.33. The van der Waals surface area contributed by atoms with E-state index in [1.54, 1.807) is 36.7 Å². The van der Waals surface area contributed by atoms with Crippen molar-refractivity contribution >= 4 is 11.9 Å². The lowest BCUT2D eigenvalue weighted by atomic mass is 9.71. The minimum absolute atomic E-state index is 0.0316. The zero-order valence-corrected chi connectivity index (χ0v) is 14.2. The molecule has 130 valence electrons. The van der Waals surface area contributed by atoms with E-state index >= 15 is 0 Å². The minimum atomic E-state index is -1.06. The molecule has 25 heavy (non-hydrogen) atoms. The van der Waals surface area contributed by atoms with Crippen molar-refractivity contribution in [3.8, 4) is 5.75 Å². The topological polar surface area (TPSA) is 79.7 Å². The van der Waals surface area contributed by atoms with Crippen molar-refractivity contribution in [1.29, 1.82) is 0 Å². The molecule has 0 aliphatic carbocycles. The van der Waals surface area contributed by atoms with Crippen LogP contribution in [-0.4, -0.2) is 40.0 Å². The maximum Gasteiger partial charge on any atom is 0.341 e. The summed E-state index contributed by atoms with van der Waals surface area (Å²) < 4.78 is 5.16. The average Bonchev–Trinajstić information content (AvgIpc) is 2.58. The fourth-order valence-corrected chi connectivity index (χ4v) is 3.31. The molecule has 1 aliphatic rings. The van der Waals surface area contributed by atoms with Gasteiger partial charge in [-0.2, -0.15) is 0 Å². The van der Waals surface area contributed by atoms with Crippen LogP contribution in [-0.2, 0) is 4.79 Å². The molecule has 3 rings (SSSR count). The van der Waals surface area contributed by atoms with E-state index in [1.807, 2.05) is 17.0 Å². The van der Waals surface area contributed by atoms with Crippen LogP contribution in [0.1, 0.15) is 35.8 Å². The molecule has 1 amide bonds. The highest BCUT2D eigenvalue weighted by molar-refractivity contribution is 5.95. The Bertz CT molecular complexity index is 789. The van der Waals surface area contributed by atoms with E-state index in [0.29, 0.717) is 17.9 Å². The fraction of sp³-hybridized carbons (Fsp3) is 0.316. The summed E-state index contributed by atoms with van der Waals surface area (Å²) in [5.74, 6) is -0.794. The lowest BCUT2D eigenvalue weighted by molar-refractivity contribution is -0.139. The molecule has 1 aromatic heterocycles. The van der Waals surface area contributed by atoms with Gasteiger partial charge >= 0.3 is 5.97 Å². The van der Waals surface area contributed by atoms with Crippen LogP contribution >= 0.6 is 0 Å². The van der Waals surface area contributed by atoms with Crippen LogP contribution in [0.2, 0.25) is 0 Å². The predicted molar refractivity (Wildman–Crippen MR) is 91.4 cm³/mol. The maximum atomic E-state index is 12.9. The minimum Gasteiger partial charge on any atom is -0.482 e. The van der Waals surface area contributed by atoms with Crippen LogP contribution in [0.15, 0.2) is 48.8 Å². The molecule has 1 N–H and O–H groups in total. The van der Waals surface area contributed by atoms with E-state index in [9.17, 15) is 9.59 Å². The molecule has 0 spiro atoms. The number of hydrogen-bond acceptors (Lipinski definition) is 4. The number of likely N-dealkylation sites (tertiary alicyclic amines) is 1. The Hall–Kier alpha value is -2.89. The maximum absolute atomic E-state index is 12.9. The molecule has 2 heterocycles. The van der Waals surface area contributed by atoms with Gasteiger partial charge in [0.2, 0.25) is 0 Å². The molecule has 1 aromatic carbocycles. The highest BCUT2D eigenvalue weighted by atomic mass is 16.5. The molecule has 6 nitrogen and oxygen atoms in total. The molecule has 0 bridgehead atoms. The predicted octanol–water partition coefficient (Wildman–Crippen LogP) is 2.77. The summed E-state index contributed by atoms with van der Waals surface area (Å²) in [5, 5.41) is 8.70. The molecular weight excluding hydrogens is 320 g/mol. The van der Waals surface area contributed by atoms with Crippen molar-refractivity contribution in [2.45, 2.75) is 19.9 Å². The number of carboxylic acids is 1. The first-order chi connectivity index (χ1) is 11.9. The Labute approximate surface area is 146 Å². The zero-order valence-electron chi connectivity index (χ0n) is 14.2. The van der Waals surface area contributed by atoms with Gasteiger partial charge in [0.25, 0.3) is 5.91 Å². The standard InChI is InChI=1S/C19H20N2O4/c1-19(2)12-21(17(19)14-6-4-8-20-10-14)18(24)13-5-3-7-15(9-13)25-11-16(22)23/h3-10,17H,11-12H2,1-2H3,(H,22,23). The van der Waals surface area contributed by atoms with Crippen molar-refractivity contribution in [2.75, 3.05) is 13.2 Å². The van der Waals surface area contributed by atoms with Gasteiger partial charge in [-0.25, -0.2) is 4.79 Å². The summed E-state index contributed by atoms with van der Waals surface area (Å²) in [7, 11) is 0. The lowest BCUT2D eigenvalue weighted by Crippen LogP contribution is -2.57. The largest absolute Gasteiger partial charge is 0.482 e. The van der Waals surface area contributed by atoms with Gasteiger partial charge in [-0.05, 0) is 29.8 Å². The van der Waals surface area contributed by atoms with Gasteiger partial charge in [0.1, 0.15) is 5.75 Å². The molecule has 1 saturated heterocycles. The summed E-state index contributed by atoms with van der Waals surface area (Å²) in [6.45, 7) is 4.46. The number of pyridine rings is 1. The number of carbonyl (C=O) groups is 2. The van der Waals surface area contributed by atoms with Crippen LogP contribution in [0.4, 0.5) is 0 Å². The third kappa shape index (κ3) is 3.47. The molecule has 0 radical (unpaired) electrons. The van der Waals surface area contributed by atoms with Gasteiger partial charge < -0.3 is 14.7 Å². The monoisotopic (exact) mass is 340 g/mol. The zero-order chi connectivity index (χ0) is 18.0. The lowest BCUT2D eigenvalue weighted by Gasteiger charge is -2.54. The number of carboxylic acid groups (broad SMARTS) is 1. The van der Waals surface area contributed by atoms with Crippen LogP contribution in [0, 0.1) is 5.41 Å². The normalized spacial score (nSPS) is 18.3. The number of aliphatic carboxylic acids is 1. The van der Waals surface area contributed by atoms with E-state index in [1.165, 1.54) is 0 Å². The number of hydrogen-bond donors (Lipinski definition) is 1. The highest BCUT2D eigenvalue weighted by Gasteiger charge is 2.49. The molecule has 0 saturated carbocycles. The van der Waals surface area contributed by atoms with Gasteiger partial charge in [0, 0.05) is 29.9 Å². The second-order valence-corrected chi connectivity index (χ2v) is 6.82. The van der Waals surface area contributed by atoms with Crippen LogP contribution in [0.25, 0.3) is 0 Å². The Morgan fingerprint density at radius 1 is 1.32 bits per heavy atom.